The summed E-state index contributed by atoms with van der Waals surface area (Å²) in [7, 11) is 17.2. The van der Waals surface area contributed by atoms with Gasteiger partial charge in [0.2, 0.25) is 0 Å². The summed E-state index contributed by atoms with van der Waals surface area (Å²) in [6, 6.07) is 30.3. The zero-order valence-electron chi connectivity index (χ0n) is 16.3. The summed E-state index contributed by atoms with van der Waals surface area (Å²) >= 11 is 0. The first-order valence-electron chi connectivity index (χ1n) is 9.08. The van der Waals surface area contributed by atoms with E-state index in [0.29, 0.717) is 5.76 Å². The van der Waals surface area contributed by atoms with Crippen LogP contribution >= 0.6 is 40.4 Å². The Hall–Kier alpha value is -2.11. The molecule has 4 nitrogen and oxygen atoms in total. The molecular weight excluding hydrogens is 536 g/mol. The predicted octanol–water partition coefficient (Wildman–Crippen LogP) is 9.23. The molecule has 0 saturated carbocycles. The summed E-state index contributed by atoms with van der Waals surface area (Å²) in [5, 5.41) is 10.9. The Morgan fingerprint density at radius 3 is 1.47 bits per heavy atom. The van der Waals surface area contributed by atoms with Crippen LogP contribution in [0.1, 0.15) is 0 Å². The van der Waals surface area contributed by atoms with E-state index in [2.05, 4.69) is 0 Å². The second-order valence-corrected chi connectivity index (χ2v) is 17.4. The van der Waals surface area contributed by atoms with Crippen LogP contribution in [0.15, 0.2) is 101 Å². The molecule has 0 bridgehead atoms. The number of nitro benzene ring substituents is 1. The van der Waals surface area contributed by atoms with Gasteiger partial charge in [-0.05, 0) is 29.8 Å². The van der Waals surface area contributed by atoms with Gasteiger partial charge in [0.1, 0.15) is 0 Å². The number of benzene rings is 3. The summed E-state index contributed by atoms with van der Waals surface area (Å²) in [5.41, 5.74) is 3.91. The van der Waals surface area contributed by atoms with E-state index in [1.54, 1.807) is 12.1 Å². The van der Waals surface area contributed by atoms with Crippen molar-refractivity contribution in [2.75, 3.05) is 0 Å². The van der Waals surface area contributed by atoms with Crippen LogP contribution in [0.4, 0.5) is 5.69 Å². The van der Waals surface area contributed by atoms with E-state index in [-0.39, 0.29) is 5.69 Å². The molecule has 0 aliphatic heterocycles. The van der Waals surface area contributed by atoms with Gasteiger partial charge in [-0.25, -0.2) is 4.42 Å². The number of nitrogens with zero attached hydrogens (tertiary/aromatic N) is 1. The van der Waals surface area contributed by atoms with Gasteiger partial charge >= 0.3 is 61.1 Å². The molecule has 4 rings (SSSR count). The fourth-order valence-corrected chi connectivity index (χ4v) is 2.93. The van der Waals surface area contributed by atoms with Crippen LogP contribution in [0.5, 0.6) is 0 Å². The Morgan fingerprint density at radius 2 is 1.03 bits per heavy atom. The second-order valence-electron chi connectivity index (χ2n) is 6.41. The van der Waals surface area contributed by atoms with E-state index in [9.17, 15) is 10.1 Å². The first kappa shape index (κ1) is 24.5. The van der Waals surface area contributed by atoms with E-state index >= 15 is 0 Å². The van der Waals surface area contributed by atoms with E-state index in [1.165, 1.54) is 12.1 Å². The first-order chi connectivity index (χ1) is 15.2. The molecule has 0 saturated heterocycles. The number of rotatable bonds is 4. The van der Waals surface area contributed by atoms with Gasteiger partial charge < -0.3 is 0 Å². The van der Waals surface area contributed by atoms with Crippen molar-refractivity contribution in [3.8, 4) is 33.8 Å². The molecule has 0 spiro atoms. The molecule has 0 atom stereocenters. The maximum absolute atomic E-state index is 10.9. The topological polar surface area (TPSA) is 54.4 Å². The van der Waals surface area contributed by atoms with Crippen molar-refractivity contribution in [2.24, 2.45) is 0 Å². The fraction of sp³-hybridized carbons (Fsp3) is 0. The zero-order valence-corrected chi connectivity index (χ0v) is 20.4. The molecule has 32 heavy (non-hydrogen) atoms. The van der Waals surface area contributed by atoms with Crippen molar-refractivity contribution in [1.29, 1.82) is 0 Å². The molecular formula is C23H16Cl4FeNO3. The van der Waals surface area contributed by atoms with E-state index in [0.717, 1.165) is 28.0 Å². The maximum atomic E-state index is 10.9. The molecule has 1 aromatic heterocycles. The van der Waals surface area contributed by atoms with Gasteiger partial charge in [0.15, 0.2) is 0 Å². The summed E-state index contributed by atoms with van der Waals surface area (Å²) < 4.78 is 6.14. The standard InChI is InChI=1S/C23H16NO3.4ClH.Fe/c25-24(26)21-13-11-19(12-14-21)23-16-20(17-7-3-1-4-8-17)15-22(27-23)18-9-5-2-6-10-18;;;;;/h1-16H;4*1H;/q+1;;;;;+3/p-4. The van der Waals surface area contributed by atoms with Gasteiger partial charge in [0.25, 0.3) is 5.69 Å². The molecule has 0 amide bonds. The number of nitro groups is 1. The van der Waals surface area contributed by atoms with Crippen molar-refractivity contribution < 1.29 is 18.5 Å². The van der Waals surface area contributed by atoms with Crippen LogP contribution in [-0.4, -0.2) is 4.92 Å². The number of hydrogen-bond acceptors (Lipinski definition) is 2. The molecule has 0 N–H and O–H groups in total. The third-order valence-corrected chi connectivity index (χ3v) is 4.32. The minimum atomic E-state index is -2.61. The van der Waals surface area contributed by atoms with E-state index in [1.807, 2.05) is 72.8 Å². The molecule has 0 aliphatic rings. The Kier molecular flexibility index (Phi) is 8.55. The number of hydrogen-bond donors (Lipinski definition) is 0. The normalized spacial score (nSPS) is 11.2. The van der Waals surface area contributed by atoms with Crippen LogP contribution in [-0.2, 0) is 9.20 Å². The number of halogens is 4. The van der Waals surface area contributed by atoms with Gasteiger partial charge in [-0.2, -0.15) is 0 Å². The van der Waals surface area contributed by atoms with Gasteiger partial charge in [-0.15, -0.1) is 0 Å². The SMILES string of the molecule is O=[N+]([O-])c1ccc(-c2cc(-c3ccccc3)cc(-c3ccccc3)[o+]2)cc1.[Cl][Fe-]([Cl])([Cl])[Cl]. The van der Waals surface area contributed by atoms with Crippen molar-refractivity contribution >= 4 is 46.1 Å². The molecule has 0 fully saturated rings. The van der Waals surface area contributed by atoms with Crippen LogP contribution in [0.2, 0.25) is 0 Å². The average Bonchev–Trinajstić information content (AvgIpc) is 2.79. The fourth-order valence-electron chi connectivity index (χ4n) is 2.93. The van der Waals surface area contributed by atoms with Gasteiger partial charge in [-0.3, -0.25) is 10.1 Å². The third-order valence-electron chi connectivity index (χ3n) is 4.32. The molecule has 4 aromatic rings. The van der Waals surface area contributed by atoms with Crippen molar-refractivity contribution in [3.05, 3.63) is 107 Å². The molecule has 3 aromatic carbocycles. The molecule has 0 unspecified atom stereocenters. The van der Waals surface area contributed by atoms with E-state index < -0.39 is 14.1 Å². The summed E-state index contributed by atoms with van der Waals surface area (Å²) in [6.07, 6.45) is 0. The third kappa shape index (κ3) is 7.49. The van der Waals surface area contributed by atoms with Gasteiger partial charge in [0, 0.05) is 17.7 Å². The predicted molar refractivity (Wildman–Crippen MR) is 129 cm³/mol. The van der Waals surface area contributed by atoms with Crippen LogP contribution in [0.3, 0.4) is 0 Å². The Morgan fingerprint density at radius 1 is 0.625 bits per heavy atom. The van der Waals surface area contributed by atoms with Crippen LogP contribution in [0.25, 0.3) is 33.8 Å². The Labute approximate surface area is 204 Å². The zero-order chi connectivity index (χ0) is 23.1. The van der Waals surface area contributed by atoms with Crippen molar-refractivity contribution in [1.82, 2.24) is 0 Å². The Balaban J connectivity index is 0.000000523. The summed E-state index contributed by atoms with van der Waals surface area (Å²) in [6.45, 7) is 0. The first-order valence-corrected chi connectivity index (χ1v) is 15.2. The van der Waals surface area contributed by atoms with Crippen molar-refractivity contribution in [2.45, 2.75) is 0 Å². The average molecular weight is 552 g/mol. The quantitative estimate of drug-likeness (QED) is 0.110. The molecule has 0 radical (unpaired) electrons. The molecule has 9 heteroatoms. The Bertz CT molecular complexity index is 1120. The van der Waals surface area contributed by atoms with Crippen LogP contribution < -0.4 is 0 Å². The molecule has 167 valence electrons. The van der Waals surface area contributed by atoms with Gasteiger partial charge in [-0.1, -0.05) is 48.5 Å². The molecule has 0 aliphatic carbocycles. The van der Waals surface area contributed by atoms with Gasteiger partial charge in [0.05, 0.1) is 28.2 Å². The minimum absolute atomic E-state index is 0.0567. The van der Waals surface area contributed by atoms with Crippen LogP contribution in [0, 0.1) is 10.1 Å². The monoisotopic (exact) mass is 550 g/mol. The number of non-ortho nitro benzene ring substituents is 1. The second kappa shape index (κ2) is 11.2. The summed E-state index contributed by atoms with van der Waals surface area (Å²) in [4.78, 5) is 10.5. The molecule has 1 heterocycles. The van der Waals surface area contributed by atoms with Crippen molar-refractivity contribution in [3.63, 3.8) is 0 Å². The summed E-state index contributed by atoms with van der Waals surface area (Å²) in [5.74, 6) is 1.40. The van der Waals surface area contributed by atoms with E-state index in [4.69, 9.17) is 44.8 Å².